The summed E-state index contributed by atoms with van der Waals surface area (Å²) in [6.45, 7) is 5.20. The van der Waals surface area contributed by atoms with Crippen LogP contribution >= 0.6 is 0 Å². The van der Waals surface area contributed by atoms with E-state index in [1.807, 2.05) is 36.3 Å². The summed E-state index contributed by atoms with van der Waals surface area (Å²) in [5.41, 5.74) is 0. The first-order valence-corrected chi connectivity index (χ1v) is 3.27. The molecular weight excluding hydrogens is 111 g/mol. The Hall–Kier alpha value is -0.0626. The van der Waals surface area contributed by atoms with Gasteiger partial charge in [-0.25, -0.2) is 0 Å². The number of hydrogen-bond acceptors (Lipinski definition) is 2. The van der Waals surface area contributed by atoms with Gasteiger partial charge in [0.25, 0.3) is 0 Å². The predicted molar refractivity (Wildman–Crippen MR) is 37.1 cm³/mol. The van der Waals surface area contributed by atoms with Gasteiger partial charge in [-0.1, -0.05) is 0 Å². The van der Waals surface area contributed by atoms with Crippen molar-refractivity contribution in [3.05, 3.63) is 10.7 Å². The summed E-state index contributed by atoms with van der Waals surface area (Å²) >= 11 is 1.89. The van der Waals surface area contributed by atoms with Crippen molar-refractivity contribution in [1.82, 2.24) is 0 Å². The predicted octanol–water partition coefficient (Wildman–Crippen LogP) is 1.03. The Morgan fingerprint density at radius 3 is 2.00 bits per heavy atom. The third kappa shape index (κ3) is 4.44. The molecule has 0 aromatic heterocycles. The summed E-state index contributed by atoms with van der Waals surface area (Å²) in [6, 6.07) is 0. The molecule has 3 heteroatoms. The molecule has 0 atom stereocenters. The molecule has 0 heterocycles. The normalized spacial score (nSPS) is 8.44. The Labute approximate surface area is 65.4 Å². The van der Waals surface area contributed by atoms with E-state index in [1.54, 1.807) is 0 Å². The van der Waals surface area contributed by atoms with Crippen LogP contribution in [0.3, 0.4) is 0 Å². The number of ether oxygens (including phenoxy) is 2. The fraction of sp³-hybridized carbons (Fsp3) is 0.667. The van der Waals surface area contributed by atoms with Gasteiger partial charge in [-0.05, 0) is 0 Å². The van der Waals surface area contributed by atoms with Crippen LogP contribution in [0.4, 0.5) is 0 Å². The maximum atomic E-state index is 5.07. The second-order valence-corrected chi connectivity index (χ2v) is 1.47. The molecule has 48 valence electrons. The molecule has 0 saturated carbocycles. The van der Waals surface area contributed by atoms with Crippen LogP contribution in [0.2, 0.25) is 0 Å². The van der Waals surface area contributed by atoms with Crippen molar-refractivity contribution in [2.45, 2.75) is 13.8 Å². The molecular formula is C6H11LiO2. The number of rotatable bonds is 4. The van der Waals surface area contributed by atoms with Crippen LogP contribution in [0.15, 0.2) is 10.7 Å². The molecule has 0 aliphatic carbocycles. The van der Waals surface area contributed by atoms with Crippen LogP contribution in [0.5, 0.6) is 0 Å². The van der Waals surface area contributed by atoms with E-state index in [0.29, 0.717) is 19.2 Å². The SMILES string of the molecule is [Li][CH]=C(OCC)OCC. The topological polar surface area (TPSA) is 18.5 Å². The molecule has 0 fully saturated rings. The van der Waals surface area contributed by atoms with Gasteiger partial charge in [0.05, 0.1) is 0 Å². The summed E-state index contributed by atoms with van der Waals surface area (Å²) in [5, 5.41) is 0. The maximum absolute atomic E-state index is 5.07. The minimum absolute atomic E-state index is 0.625. The molecule has 0 spiro atoms. The summed E-state index contributed by atoms with van der Waals surface area (Å²) in [4.78, 5) is 0. The third-order valence-corrected chi connectivity index (χ3v) is 0.809. The quantitative estimate of drug-likeness (QED) is 0.409. The van der Waals surface area contributed by atoms with Gasteiger partial charge in [-0.3, -0.25) is 0 Å². The third-order valence-electron chi connectivity index (χ3n) is 0.809. The first kappa shape index (κ1) is 8.94. The van der Waals surface area contributed by atoms with Crippen molar-refractivity contribution in [3.63, 3.8) is 0 Å². The minimum atomic E-state index is 0.625. The Morgan fingerprint density at radius 2 is 1.78 bits per heavy atom. The fourth-order valence-electron chi connectivity index (χ4n) is 0.493. The van der Waals surface area contributed by atoms with Gasteiger partial charge in [0.15, 0.2) is 0 Å². The molecule has 0 aliphatic heterocycles. The zero-order valence-electron chi connectivity index (χ0n) is 6.31. The van der Waals surface area contributed by atoms with Crippen molar-refractivity contribution in [2.75, 3.05) is 13.2 Å². The zero-order valence-corrected chi connectivity index (χ0v) is 6.31. The molecule has 0 bridgehead atoms. The molecule has 0 aromatic rings. The summed E-state index contributed by atoms with van der Waals surface area (Å²) < 4.78 is 12.0. The van der Waals surface area contributed by atoms with Crippen molar-refractivity contribution in [3.8, 4) is 0 Å². The monoisotopic (exact) mass is 122 g/mol. The van der Waals surface area contributed by atoms with E-state index < -0.39 is 0 Å². The first-order chi connectivity index (χ1) is 4.35. The van der Waals surface area contributed by atoms with Crippen molar-refractivity contribution < 1.29 is 9.47 Å². The van der Waals surface area contributed by atoms with Crippen molar-refractivity contribution in [2.24, 2.45) is 0 Å². The molecule has 9 heavy (non-hydrogen) atoms. The van der Waals surface area contributed by atoms with E-state index in [0.717, 1.165) is 0 Å². The van der Waals surface area contributed by atoms with Gasteiger partial charge in [0.1, 0.15) is 0 Å². The van der Waals surface area contributed by atoms with E-state index in [-0.39, 0.29) is 0 Å². The van der Waals surface area contributed by atoms with Crippen LogP contribution in [-0.4, -0.2) is 30.9 Å². The van der Waals surface area contributed by atoms with Crippen LogP contribution in [0.25, 0.3) is 0 Å². The first-order valence-electron chi connectivity index (χ1n) is 3.27. The summed E-state index contributed by atoms with van der Waals surface area (Å²) in [5.74, 6) is 0.625. The van der Waals surface area contributed by atoms with Gasteiger partial charge in [0, 0.05) is 0 Å². The molecule has 0 unspecified atom stereocenters. The van der Waals surface area contributed by atoms with E-state index >= 15 is 0 Å². The molecule has 0 N–H and O–H groups in total. The van der Waals surface area contributed by atoms with Gasteiger partial charge in [0.2, 0.25) is 0 Å². The van der Waals surface area contributed by atoms with Gasteiger partial charge in [-0.15, -0.1) is 0 Å². The second-order valence-electron chi connectivity index (χ2n) is 1.47. The summed E-state index contributed by atoms with van der Waals surface area (Å²) in [7, 11) is 0. The molecule has 0 aliphatic rings. The average Bonchev–Trinajstić information content (AvgIpc) is 1.88. The van der Waals surface area contributed by atoms with E-state index in [1.165, 1.54) is 0 Å². The zero-order chi connectivity index (χ0) is 7.11. The van der Waals surface area contributed by atoms with Crippen molar-refractivity contribution in [1.29, 1.82) is 0 Å². The molecule has 0 aromatic carbocycles. The Balaban J connectivity index is 3.43. The fourth-order valence-corrected chi connectivity index (χ4v) is 0.493. The van der Waals surface area contributed by atoms with Crippen LogP contribution in [-0.2, 0) is 9.47 Å². The van der Waals surface area contributed by atoms with Crippen molar-refractivity contribution >= 4 is 17.7 Å². The van der Waals surface area contributed by atoms with Crippen LogP contribution < -0.4 is 0 Å². The Kier molecular flexibility index (Phi) is 6.02. The van der Waals surface area contributed by atoms with Crippen LogP contribution in [0, 0.1) is 0 Å². The molecule has 2 nitrogen and oxygen atoms in total. The van der Waals surface area contributed by atoms with Gasteiger partial charge >= 0.3 is 64.9 Å². The van der Waals surface area contributed by atoms with E-state index in [2.05, 4.69) is 0 Å². The van der Waals surface area contributed by atoms with E-state index in [9.17, 15) is 0 Å². The standard InChI is InChI=1S/C6H11O2.Li/c1-4-7-6(3)8-5-2;/h3H,4-5H2,1-2H3;. The number of hydrogen-bond donors (Lipinski definition) is 0. The Bertz CT molecular complexity index is 83.1. The molecule has 0 radical (unpaired) electrons. The van der Waals surface area contributed by atoms with E-state index in [4.69, 9.17) is 9.47 Å². The average molecular weight is 122 g/mol. The molecule has 0 amide bonds. The second kappa shape index (κ2) is 6.06. The van der Waals surface area contributed by atoms with Gasteiger partial charge < -0.3 is 0 Å². The van der Waals surface area contributed by atoms with Gasteiger partial charge in [-0.2, -0.15) is 0 Å². The molecule has 0 saturated heterocycles. The van der Waals surface area contributed by atoms with Crippen LogP contribution in [0.1, 0.15) is 13.8 Å². The Morgan fingerprint density at radius 1 is 1.33 bits per heavy atom. The summed E-state index contributed by atoms with van der Waals surface area (Å²) in [6.07, 6.45) is 0. The molecule has 0 rings (SSSR count).